The average Bonchev–Trinajstić information content (AvgIpc) is 2.14. The predicted molar refractivity (Wildman–Crippen MR) is 52.3 cm³/mol. The Morgan fingerprint density at radius 3 is 2.75 bits per heavy atom. The van der Waals surface area contributed by atoms with E-state index in [1.54, 1.807) is 0 Å². The fraction of sp³-hybridized carbons (Fsp3) is 0.300. The molecule has 0 unspecified atom stereocenters. The predicted octanol–water partition coefficient (Wildman–Crippen LogP) is 2.02. The maximum atomic E-state index is 4.06. The lowest BCUT2D eigenvalue weighted by molar-refractivity contribution is 0.719. The van der Waals surface area contributed by atoms with Crippen LogP contribution in [0.2, 0.25) is 0 Å². The normalized spacial score (nSPS) is 10.4. The highest BCUT2D eigenvalue weighted by Crippen LogP contribution is 1.92. The Balaban J connectivity index is 2.36. The molecule has 0 aromatic heterocycles. The summed E-state index contributed by atoms with van der Waals surface area (Å²) in [5.41, 5.74) is 4.08. The Bertz CT molecular complexity index is 229. The minimum Gasteiger partial charge on any atom is -0.310 e. The summed E-state index contributed by atoms with van der Waals surface area (Å²) in [6.07, 6.45) is 2.93. The average molecular weight is 162 g/mol. The van der Waals surface area contributed by atoms with Crippen LogP contribution < -0.4 is 5.43 Å². The highest BCUT2D eigenvalue weighted by Gasteiger charge is 1.81. The molecule has 2 heteroatoms. The molecule has 0 amide bonds. The maximum Gasteiger partial charge on any atom is 0.0540 e. The monoisotopic (exact) mass is 162 g/mol. The lowest BCUT2D eigenvalue weighted by Crippen LogP contribution is -2.05. The third-order valence-electron chi connectivity index (χ3n) is 1.47. The topological polar surface area (TPSA) is 24.4 Å². The fourth-order valence-corrected chi connectivity index (χ4v) is 0.836. The van der Waals surface area contributed by atoms with E-state index in [0.717, 1.165) is 18.5 Å². The van der Waals surface area contributed by atoms with Gasteiger partial charge in [0, 0.05) is 6.54 Å². The lowest BCUT2D eigenvalue weighted by Gasteiger charge is -1.94. The van der Waals surface area contributed by atoms with Gasteiger partial charge in [-0.05, 0) is 12.0 Å². The van der Waals surface area contributed by atoms with Gasteiger partial charge in [-0.1, -0.05) is 37.3 Å². The van der Waals surface area contributed by atoms with Gasteiger partial charge in [0.25, 0.3) is 0 Å². The SMILES string of the molecule is CCCN/N=C/c1ccccc1. The molecular weight excluding hydrogens is 148 g/mol. The van der Waals surface area contributed by atoms with E-state index in [2.05, 4.69) is 17.5 Å². The summed E-state index contributed by atoms with van der Waals surface area (Å²) in [4.78, 5) is 0. The number of hydrazone groups is 1. The van der Waals surface area contributed by atoms with Crippen LogP contribution in [0.3, 0.4) is 0 Å². The second-order valence-corrected chi connectivity index (χ2v) is 2.58. The molecule has 2 nitrogen and oxygen atoms in total. The highest BCUT2D eigenvalue weighted by atomic mass is 15.3. The molecule has 0 aliphatic heterocycles. The summed E-state index contributed by atoms with van der Waals surface area (Å²) in [5, 5.41) is 4.06. The molecule has 0 saturated heterocycles. The van der Waals surface area contributed by atoms with Crippen molar-refractivity contribution in [2.45, 2.75) is 13.3 Å². The van der Waals surface area contributed by atoms with Crippen molar-refractivity contribution >= 4 is 6.21 Å². The van der Waals surface area contributed by atoms with Gasteiger partial charge in [0.2, 0.25) is 0 Å². The van der Waals surface area contributed by atoms with E-state index in [1.807, 2.05) is 36.5 Å². The molecule has 0 aliphatic carbocycles. The van der Waals surface area contributed by atoms with E-state index in [9.17, 15) is 0 Å². The van der Waals surface area contributed by atoms with Gasteiger partial charge in [0.1, 0.15) is 0 Å². The van der Waals surface area contributed by atoms with E-state index >= 15 is 0 Å². The molecule has 0 saturated carbocycles. The van der Waals surface area contributed by atoms with Gasteiger partial charge in [0.05, 0.1) is 6.21 Å². The summed E-state index contributed by atoms with van der Waals surface area (Å²) in [6, 6.07) is 10.0. The zero-order valence-corrected chi connectivity index (χ0v) is 7.33. The molecular formula is C10H14N2. The lowest BCUT2D eigenvalue weighted by atomic mass is 10.2. The van der Waals surface area contributed by atoms with Gasteiger partial charge >= 0.3 is 0 Å². The number of hydrogen-bond acceptors (Lipinski definition) is 2. The second-order valence-electron chi connectivity index (χ2n) is 2.58. The minimum absolute atomic E-state index is 0.934. The molecule has 0 radical (unpaired) electrons. The molecule has 1 N–H and O–H groups in total. The Labute approximate surface area is 73.3 Å². The van der Waals surface area contributed by atoms with Gasteiger partial charge in [-0.3, -0.25) is 0 Å². The van der Waals surface area contributed by atoms with E-state index < -0.39 is 0 Å². The molecule has 1 aromatic rings. The molecule has 0 bridgehead atoms. The zero-order chi connectivity index (χ0) is 8.65. The van der Waals surface area contributed by atoms with Crippen LogP contribution in [0.5, 0.6) is 0 Å². The first kappa shape index (κ1) is 8.78. The maximum absolute atomic E-state index is 4.06. The van der Waals surface area contributed by atoms with Crippen molar-refractivity contribution in [2.75, 3.05) is 6.54 Å². The van der Waals surface area contributed by atoms with Gasteiger partial charge in [-0.2, -0.15) is 5.10 Å². The Morgan fingerprint density at radius 1 is 1.33 bits per heavy atom. The van der Waals surface area contributed by atoms with E-state index in [1.165, 1.54) is 0 Å². The summed E-state index contributed by atoms with van der Waals surface area (Å²) >= 11 is 0. The first-order valence-electron chi connectivity index (χ1n) is 4.24. The van der Waals surface area contributed by atoms with Crippen LogP contribution >= 0.6 is 0 Å². The Morgan fingerprint density at radius 2 is 2.08 bits per heavy atom. The van der Waals surface area contributed by atoms with Crippen LogP contribution in [-0.2, 0) is 0 Å². The highest BCUT2D eigenvalue weighted by molar-refractivity contribution is 5.79. The summed E-state index contributed by atoms with van der Waals surface area (Å²) in [5.74, 6) is 0. The Kier molecular flexibility index (Phi) is 3.92. The quantitative estimate of drug-likeness (QED) is 0.409. The van der Waals surface area contributed by atoms with Crippen molar-refractivity contribution < 1.29 is 0 Å². The van der Waals surface area contributed by atoms with E-state index in [4.69, 9.17) is 0 Å². The van der Waals surface area contributed by atoms with Crippen LogP contribution in [0.4, 0.5) is 0 Å². The summed E-state index contributed by atoms with van der Waals surface area (Å²) in [6.45, 7) is 3.05. The van der Waals surface area contributed by atoms with E-state index in [-0.39, 0.29) is 0 Å². The molecule has 1 aromatic carbocycles. The molecule has 0 spiro atoms. The molecule has 0 fully saturated rings. The number of nitrogens with one attached hydrogen (secondary N) is 1. The first-order chi connectivity index (χ1) is 5.93. The second kappa shape index (κ2) is 5.35. The molecule has 12 heavy (non-hydrogen) atoms. The minimum atomic E-state index is 0.934. The zero-order valence-electron chi connectivity index (χ0n) is 7.33. The number of rotatable bonds is 4. The first-order valence-corrected chi connectivity index (χ1v) is 4.24. The van der Waals surface area contributed by atoms with Crippen LogP contribution in [0.25, 0.3) is 0 Å². The Hall–Kier alpha value is -1.31. The van der Waals surface area contributed by atoms with Gasteiger partial charge < -0.3 is 5.43 Å². The third-order valence-corrected chi connectivity index (χ3v) is 1.47. The molecule has 0 atom stereocenters. The van der Waals surface area contributed by atoms with Gasteiger partial charge in [-0.25, -0.2) is 0 Å². The summed E-state index contributed by atoms with van der Waals surface area (Å²) < 4.78 is 0. The van der Waals surface area contributed by atoms with Gasteiger partial charge in [0.15, 0.2) is 0 Å². The third kappa shape index (κ3) is 3.19. The molecule has 64 valence electrons. The number of hydrogen-bond donors (Lipinski definition) is 1. The van der Waals surface area contributed by atoms with Crippen LogP contribution in [0.1, 0.15) is 18.9 Å². The van der Waals surface area contributed by atoms with Crippen LogP contribution in [-0.4, -0.2) is 12.8 Å². The summed E-state index contributed by atoms with van der Waals surface area (Å²) in [7, 11) is 0. The van der Waals surface area contributed by atoms with Crippen molar-refractivity contribution in [3.8, 4) is 0 Å². The van der Waals surface area contributed by atoms with E-state index in [0.29, 0.717) is 0 Å². The molecule has 1 rings (SSSR count). The van der Waals surface area contributed by atoms with Gasteiger partial charge in [-0.15, -0.1) is 0 Å². The van der Waals surface area contributed by atoms with Crippen molar-refractivity contribution in [1.29, 1.82) is 0 Å². The molecule has 0 aliphatic rings. The smallest absolute Gasteiger partial charge is 0.0540 e. The van der Waals surface area contributed by atoms with Crippen molar-refractivity contribution in [3.63, 3.8) is 0 Å². The number of benzene rings is 1. The van der Waals surface area contributed by atoms with Crippen molar-refractivity contribution in [2.24, 2.45) is 5.10 Å². The molecule has 0 heterocycles. The standard InChI is InChI=1S/C10H14N2/c1-2-8-11-12-9-10-6-4-3-5-7-10/h3-7,9,11H,2,8H2,1H3/b12-9+. The van der Waals surface area contributed by atoms with Crippen LogP contribution in [0.15, 0.2) is 35.4 Å². The number of nitrogens with zero attached hydrogens (tertiary/aromatic N) is 1. The largest absolute Gasteiger partial charge is 0.310 e. The van der Waals surface area contributed by atoms with Crippen molar-refractivity contribution in [3.05, 3.63) is 35.9 Å². The van der Waals surface area contributed by atoms with Crippen LogP contribution in [0, 0.1) is 0 Å². The fourth-order valence-electron chi connectivity index (χ4n) is 0.836. The van der Waals surface area contributed by atoms with Crippen molar-refractivity contribution in [1.82, 2.24) is 5.43 Å².